The molecule has 9 nitrogen and oxygen atoms in total. The molecule has 1 amide bonds. The Morgan fingerprint density at radius 3 is 2.52 bits per heavy atom. The molecule has 2 aliphatic rings. The summed E-state index contributed by atoms with van der Waals surface area (Å²) in [4.78, 5) is 35.0. The van der Waals surface area contributed by atoms with Crippen molar-refractivity contribution < 1.29 is 22.4 Å². The molecule has 0 aliphatic carbocycles. The average Bonchev–Trinajstić information content (AvgIpc) is 3.51. The van der Waals surface area contributed by atoms with Crippen LogP contribution in [0.5, 0.6) is 0 Å². The Bertz CT molecular complexity index is 1670. The van der Waals surface area contributed by atoms with Crippen molar-refractivity contribution >= 4 is 40.1 Å². The number of nitrogens with one attached hydrogen (secondary N) is 2. The lowest BCUT2D eigenvalue weighted by atomic mass is 10.1. The zero-order valence-electron chi connectivity index (χ0n) is 24.2. The zero-order valence-corrected chi connectivity index (χ0v) is 24.2. The first-order valence-corrected chi connectivity index (χ1v) is 14.6. The largest absolute Gasteiger partial charge is 0.416 e. The minimum absolute atomic E-state index is 0.0805. The summed E-state index contributed by atoms with van der Waals surface area (Å²) in [6.07, 6.45) is 0.449. The van der Waals surface area contributed by atoms with Crippen LogP contribution in [0.3, 0.4) is 0 Å². The molecule has 2 saturated heterocycles. The van der Waals surface area contributed by atoms with Gasteiger partial charge in [0.1, 0.15) is 23.5 Å². The quantitative estimate of drug-likeness (QED) is 0.237. The Balaban J connectivity index is 1.24. The lowest BCUT2D eigenvalue weighted by Crippen LogP contribution is -2.35. The van der Waals surface area contributed by atoms with Crippen molar-refractivity contribution in [2.75, 3.05) is 41.7 Å². The summed E-state index contributed by atoms with van der Waals surface area (Å²) in [6.45, 7) is 4.92. The summed E-state index contributed by atoms with van der Waals surface area (Å²) in [7, 11) is 0. The number of anilines is 4. The molecule has 0 unspecified atom stereocenters. The Morgan fingerprint density at radius 1 is 1.00 bits per heavy atom. The third kappa shape index (κ3) is 6.72. The number of aromatic nitrogens is 4. The molecule has 44 heavy (non-hydrogen) atoms. The predicted molar refractivity (Wildman–Crippen MR) is 160 cm³/mol. The number of piperidine rings is 1. The molecule has 4 aromatic rings. The highest BCUT2D eigenvalue weighted by molar-refractivity contribution is 6.05. The summed E-state index contributed by atoms with van der Waals surface area (Å²) >= 11 is 0. The van der Waals surface area contributed by atoms with E-state index in [1.807, 2.05) is 11.8 Å². The van der Waals surface area contributed by atoms with E-state index < -0.39 is 23.8 Å². The lowest BCUT2D eigenvalue weighted by Gasteiger charge is -2.28. The summed E-state index contributed by atoms with van der Waals surface area (Å²) in [5, 5.41) is 5.90. The van der Waals surface area contributed by atoms with E-state index >= 15 is 0 Å². The van der Waals surface area contributed by atoms with Gasteiger partial charge in [-0.3, -0.25) is 9.69 Å². The van der Waals surface area contributed by atoms with Crippen LogP contribution in [-0.2, 0) is 12.7 Å². The summed E-state index contributed by atoms with van der Waals surface area (Å²) in [5.74, 6) is 0.300. The van der Waals surface area contributed by atoms with Gasteiger partial charge in [-0.25, -0.2) is 24.3 Å². The van der Waals surface area contributed by atoms with Crippen molar-refractivity contribution in [2.45, 2.75) is 51.5 Å². The molecule has 2 aliphatic heterocycles. The van der Waals surface area contributed by atoms with Crippen molar-refractivity contribution in [3.63, 3.8) is 0 Å². The Morgan fingerprint density at radius 2 is 1.77 bits per heavy atom. The fourth-order valence-corrected chi connectivity index (χ4v) is 5.58. The SMILES string of the molecule is Cc1ccc(C(=O)Nc2cc(CN3CCCC3)cc(C(F)(F)F)c2)cc1Nc1ncnc2cnc(N3CCC(F)CC3)nc12. The lowest BCUT2D eigenvalue weighted by molar-refractivity contribution is -0.137. The van der Waals surface area contributed by atoms with E-state index in [1.54, 1.807) is 30.5 Å². The van der Waals surface area contributed by atoms with Gasteiger partial charge in [-0.1, -0.05) is 6.07 Å². The van der Waals surface area contributed by atoms with Crippen molar-refractivity contribution in [3.8, 4) is 0 Å². The molecular weight excluding hydrogens is 576 g/mol. The Hall–Kier alpha value is -4.39. The first-order chi connectivity index (χ1) is 21.1. The molecular formula is C31H32F4N8O. The average molecular weight is 609 g/mol. The van der Waals surface area contributed by atoms with E-state index in [1.165, 1.54) is 6.33 Å². The van der Waals surface area contributed by atoms with Crippen LogP contribution in [0.25, 0.3) is 11.0 Å². The number of benzene rings is 2. The number of carbonyl (C=O) groups excluding carboxylic acids is 1. The molecule has 2 fully saturated rings. The molecule has 2 aromatic carbocycles. The third-order valence-electron chi connectivity index (χ3n) is 8.01. The fourth-order valence-electron chi connectivity index (χ4n) is 5.58. The minimum Gasteiger partial charge on any atom is -0.341 e. The van der Waals surface area contributed by atoms with Gasteiger partial charge in [0.2, 0.25) is 5.95 Å². The highest BCUT2D eigenvalue weighted by Crippen LogP contribution is 2.33. The highest BCUT2D eigenvalue weighted by atomic mass is 19.4. The van der Waals surface area contributed by atoms with Crippen molar-refractivity contribution in [1.82, 2.24) is 24.8 Å². The van der Waals surface area contributed by atoms with E-state index in [-0.39, 0.29) is 11.3 Å². The molecule has 0 bridgehead atoms. The molecule has 2 aromatic heterocycles. The maximum Gasteiger partial charge on any atom is 0.416 e. The van der Waals surface area contributed by atoms with Gasteiger partial charge in [-0.2, -0.15) is 13.2 Å². The third-order valence-corrected chi connectivity index (χ3v) is 8.01. The Labute approximate surface area is 251 Å². The van der Waals surface area contributed by atoms with Gasteiger partial charge in [0.05, 0.1) is 11.8 Å². The van der Waals surface area contributed by atoms with Crippen LogP contribution in [0.4, 0.5) is 40.7 Å². The maximum absolute atomic E-state index is 13.7. The van der Waals surface area contributed by atoms with Crippen LogP contribution in [-0.4, -0.2) is 63.1 Å². The first-order valence-electron chi connectivity index (χ1n) is 14.6. The van der Waals surface area contributed by atoms with E-state index in [0.717, 1.165) is 43.6 Å². The number of aryl methyl sites for hydroxylation is 1. The minimum atomic E-state index is -4.55. The Kier molecular flexibility index (Phi) is 8.30. The number of nitrogens with zero attached hydrogens (tertiary/aromatic N) is 6. The molecule has 2 N–H and O–H groups in total. The molecule has 0 spiro atoms. The van der Waals surface area contributed by atoms with Crippen LogP contribution in [0.1, 0.15) is 52.7 Å². The molecule has 13 heteroatoms. The molecule has 4 heterocycles. The maximum atomic E-state index is 13.7. The standard InChI is InChI=1S/C31H32F4N8O/c1-19-4-5-21(29(44)39-24-13-20(17-42-8-2-3-9-42)12-22(15-24)31(33,34)35)14-25(19)40-28-27-26(37-18-38-28)16-36-30(41-27)43-10-6-23(32)7-11-43/h4-5,12-16,18,23H,2-3,6-11,17H2,1H3,(H,39,44)(H,37,38,40). The molecule has 0 radical (unpaired) electrons. The number of hydrogen-bond donors (Lipinski definition) is 2. The van der Waals surface area contributed by atoms with Gasteiger partial charge in [0.15, 0.2) is 5.82 Å². The molecule has 0 saturated carbocycles. The van der Waals surface area contributed by atoms with Crippen LogP contribution in [0.2, 0.25) is 0 Å². The number of fused-ring (bicyclic) bond motifs is 1. The smallest absolute Gasteiger partial charge is 0.341 e. The number of likely N-dealkylation sites (tertiary alicyclic amines) is 1. The van der Waals surface area contributed by atoms with Crippen molar-refractivity contribution in [2.24, 2.45) is 0 Å². The van der Waals surface area contributed by atoms with E-state index in [2.05, 4.69) is 35.5 Å². The number of hydrogen-bond acceptors (Lipinski definition) is 8. The fraction of sp³-hybridized carbons (Fsp3) is 0.387. The number of carbonyl (C=O) groups is 1. The summed E-state index contributed by atoms with van der Waals surface area (Å²) in [5.41, 5.74) is 2.36. The predicted octanol–water partition coefficient (Wildman–Crippen LogP) is 6.28. The van der Waals surface area contributed by atoms with E-state index in [4.69, 9.17) is 0 Å². The van der Waals surface area contributed by atoms with Crippen LogP contribution in [0.15, 0.2) is 48.9 Å². The van der Waals surface area contributed by atoms with Crippen molar-refractivity contribution in [3.05, 3.63) is 71.2 Å². The highest BCUT2D eigenvalue weighted by Gasteiger charge is 2.32. The molecule has 6 rings (SSSR count). The van der Waals surface area contributed by atoms with Gasteiger partial charge in [0, 0.05) is 36.6 Å². The van der Waals surface area contributed by atoms with Crippen LogP contribution >= 0.6 is 0 Å². The van der Waals surface area contributed by atoms with Gasteiger partial charge in [0.25, 0.3) is 5.91 Å². The normalized spacial score (nSPS) is 16.4. The van der Waals surface area contributed by atoms with E-state index in [9.17, 15) is 22.4 Å². The monoisotopic (exact) mass is 608 g/mol. The summed E-state index contributed by atoms with van der Waals surface area (Å²) in [6, 6.07) is 8.67. The topological polar surface area (TPSA) is 99.2 Å². The number of halogens is 4. The molecule has 230 valence electrons. The number of alkyl halides is 4. The first kappa shape index (κ1) is 29.7. The second-order valence-electron chi connectivity index (χ2n) is 11.3. The van der Waals surface area contributed by atoms with Gasteiger partial charge < -0.3 is 15.5 Å². The van der Waals surface area contributed by atoms with E-state index in [0.29, 0.717) is 66.5 Å². The number of amides is 1. The zero-order chi connectivity index (χ0) is 30.8. The summed E-state index contributed by atoms with van der Waals surface area (Å²) < 4.78 is 54.8. The van der Waals surface area contributed by atoms with Crippen LogP contribution in [0, 0.1) is 6.92 Å². The number of rotatable bonds is 7. The van der Waals surface area contributed by atoms with Gasteiger partial charge >= 0.3 is 6.18 Å². The van der Waals surface area contributed by atoms with Gasteiger partial charge in [-0.15, -0.1) is 0 Å². The second kappa shape index (κ2) is 12.3. The van der Waals surface area contributed by atoms with Gasteiger partial charge in [-0.05, 0) is 87.2 Å². The van der Waals surface area contributed by atoms with Crippen molar-refractivity contribution in [1.29, 1.82) is 0 Å². The second-order valence-corrected chi connectivity index (χ2v) is 11.3. The molecule has 0 atom stereocenters. The van der Waals surface area contributed by atoms with Crippen LogP contribution < -0.4 is 15.5 Å².